The average Bonchev–Trinajstić information content (AvgIpc) is 3.43. The molecule has 0 unspecified atom stereocenters. The molecule has 0 atom stereocenters. The predicted octanol–water partition coefficient (Wildman–Crippen LogP) is 2.89. The molecule has 1 heterocycles. The van der Waals surface area contributed by atoms with E-state index in [4.69, 9.17) is 0 Å². The summed E-state index contributed by atoms with van der Waals surface area (Å²) >= 11 is 0. The lowest BCUT2D eigenvalue weighted by Gasteiger charge is -2.16. The molecule has 0 amide bonds. The minimum absolute atomic E-state index is 0.0787. The Morgan fingerprint density at radius 2 is 2.08 bits per heavy atom. The van der Waals surface area contributed by atoms with Crippen LogP contribution in [-0.2, 0) is 6.54 Å². The molecule has 8 heteroatoms. The van der Waals surface area contributed by atoms with E-state index in [0.717, 1.165) is 32.4 Å². The second-order valence-electron chi connectivity index (χ2n) is 6.61. The minimum atomic E-state index is -0.451. The van der Waals surface area contributed by atoms with E-state index >= 15 is 0 Å². The fourth-order valence-electron chi connectivity index (χ4n) is 2.64. The van der Waals surface area contributed by atoms with Crippen molar-refractivity contribution < 1.29 is 4.92 Å². The van der Waals surface area contributed by atoms with Gasteiger partial charge in [-0.2, -0.15) is 4.98 Å². The van der Waals surface area contributed by atoms with Crippen LogP contribution in [0.3, 0.4) is 0 Å². The number of aromatic nitrogens is 2. The normalized spacial score (nSPS) is 13.6. The summed E-state index contributed by atoms with van der Waals surface area (Å²) < 4.78 is 0. The third-order valence-electron chi connectivity index (χ3n) is 4.18. The second kappa shape index (κ2) is 8.57. The number of benzene rings is 1. The highest BCUT2D eigenvalue weighted by molar-refractivity contribution is 5.58. The summed E-state index contributed by atoms with van der Waals surface area (Å²) in [6.45, 7) is 2.55. The summed E-state index contributed by atoms with van der Waals surface area (Å²) in [4.78, 5) is 21.2. The molecule has 0 bridgehead atoms. The lowest BCUT2D eigenvalue weighted by molar-refractivity contribution is -0.384. The predicted molar refractivity (Wildman–Crippen MR) is 101 cm³/mol. The maximum Gasteiger partial charge on any atom is 0.329 e. The van der Waals surface area contributed by atoms with Gasteiger partial charge in [-0.3, -0.25) is 10.1 Å². The number of nitrogens with zero attached hydrogens (tertiary/aromatic N) is 4. The van der Waals surface area contributed by atoms with Crippen LogP contribution in [0.1, 0.15) is 24.8 Å². The van der Waals surface area contributed by atoms with Crippen molar-refractivity contribution in [3.05, 3.63) is 52.2 Å². The van der Waals surface area contributed by atoms with E-state index in [9.17, 15) is 10.1 Å². The smallest absolute Gasteiger partial charge is 0.329 e. The first kappa shape index (κ1) is 18.1. The quantitative estimate of drug-likeness (QED) is 0.384. The first-order valence-electron chi connectivity index (χ1n) is 8.86. The Labute approximate surface area is 152 Å². The zero-order chi connectivity index (χ0) is 18.4. The molecule has 1 aromatic heterocycles. The standard InChI is InChI=1S/C18H24N6O2/c1-23(13-14-6-3-2-4-7-14)11-5-10-19-18-20-12-16(24(25)26)17(22-18)21-15-8-9-15/h2-4,6-7,12,15H,5,8-11,13H2,1H3,(H2,19,20,21,22). The molecule has 0 radical (unpaired) electrons. The maximum absolute atomic E-state index is 11.1. The van der Waals surface area contributed by atoms with Gasteiger partial charge in [0.15, 0.2) is 0 Å². The van der Waals surface area contributed by atoms with Crippen LogP contribution >= 0.6 is 0 Å². The molecular weight excluding hydrogens is 332 g/mol. The van der Waals surface area contributed by atoms with Gasteiger partial charge in [-0.15, -0.1) is 0 Å². The summed E-state index contributed by atoms with van der Waals surface area (Å²) in [7, 11) is 2.09. The van der Waals surface area contributed by atoms with Gasteiger partial charge in [0, 0.05) is 19.1 Å². The largest absolute Gasteiger partial charge is 0.361 e. The van der Waals surface area contributed by atoms with Crippen molar-refractivity contribution in [2.24, 2.45) is 0 Å². The van der Waals surface area contributed by atoms with Crippen LogP contribution in [0.2, 0.25) is 0 Å². The molecule has 1 aliphatic rings. The van der Waals surface area contributed by atoms with Gasteiger partial charge in [-0.25, -0.2) is 4.98 Å². The Balaban J connectivity index is 1.46. The second-order valence-corrected chi connectivity index (χ2v) is 6.61. The Morgan fingerprint density at radius 3 is 2.77 bits per heavy atom. The van der Waals surface area contributed by atoms with Gasteiger partial charge in [0.2, 0.25) is 11.8 Å². The molecule has 2 N–H and O–H groups in total. The SMILES string of the molecule is CN(CCCNc1ncc([N+](=O)[O-])c(NC2CC2)n1)Cc1ccccc1. The first-order valence-corrected chi connectivity index (χ1v) is 8.86. The van der Waals surface area contributed by atoms with Gasteiger partial charge < -0.3 is 15.5 Å². The summed E-state index contributed by atoms with van der Waals surface area (Å²) in [5.74, 6) is 0.723. The van der Waals surface area contributed by atoms with Crippen molar-refractivity contribution in [2.75, 3.05) is 30.8 Å². The Morgan fingerprint density at radius 1 is 1.31 bits per heavy atom. The lowest BCUT2D eigenvalue weighted by Crippen LogP contribution is -2.21. The van der Waals surface area contributed by atoms with Crippen LogP contribution in [0.25, 0.3) is 0 Å². The molecule has 8 nitrogen and oxygen atoms in total. The van der Waals surface area contributed by atoms with E-state index in [0.29, 0.717) is 24.4 Å². The van der Waals surface area contributed by atoms with E-state index in [1.54, 1.807) is 0 Å². The van der Waals surface area contributed by atoms with Crippen molar-refractivity contribution in [1.29, 1.82) is 0 Å². The summed E-state index contributed by atoms with van der Waals surface area (Å²) in [5.41, 5.74) is 1.21. The van der Waals surface area contributed by atoms with Crippen LogP contribution < -0.4 is 10.6 Å². The molecule has 26 heavy (non-hydrogen) atoms. The zero-order valence-corrected chi connectivity index (χ0v) is 14.9. The molecule has 0 aliphatic heterocycles. The monoisotopic (exact) mass is 356 g/mol. The number of nitro groups is 1. The van der Waals surface area contributed by atoms with Crippen LogP contribution in [0.5, 0.6) is 0 Å². The Bertz CT molecular complexity index is 736. The molecule has 0 spiro atoms. The van der Waals surface area contributed by atoms with Crippen LogP contribution in [-0.4, -0.2) is 46.0 Å². The number of nitrogens with one attached hydrogen (secondary N) is 2. The molecule has 3 rings (SSSR count). The molecule has 1 saturated carbocycles. The third kappa shape index (κ3) is 5.38. The highest BCUT2D eigenvalue weighted by Gasteiger charge is 2.26. The zero-order valence-electron chi connectivity index (χ0n) is 14.9. The highest BCUT2D eigenvalue weighted by atomic mass is 16.6. The maximum atomic E-state index is 11.1. The topological polar surface area (TPSA) is 96.2 Å². The molecule has 1 aliphatic carbocycles. The number of rotatable bonds is 10. The van der Waals surface area contributed by atoms with Gasteiger partial charge >= 0.3 is 5.69 Å². The van der Waals surface area contributed by atoms with Gasteiger partial charge in [0.05, 0.1) is 4.92 Å². The third-order valence-corrected chi connectivity index (χ3v) is 4.18. The van der Waals surface area contributed by atoms with Gasteiger partial charge in [-0.1, -0.05) is 30.3 Å². The number of hydrogen-bond donors (Lipinski definition) is 2. The van der Waals surface area contributed by atoms with Gasteiger partial charge in [-0.05, 0) is 38.4 Å². The lowest BCUT2D eigenvalue weighted by atomic mass is 10.2. The van der Waals surface area contributed by atoms with Crippen LogP contribution in [0.15, 0.2) is 36.5 Å². The van der Waals surface area contributed by atoms with E-state index < -0.39 is 4.92 Å². The van der Waals surface area contributed by atoms with E-state index in [1.807, 2.05) is 18.2 Å². The van der Waals surface area contributed by atoms with E-state index in [1.165, 1.54) is 11.8 Å². The fourth-order valence-corrected chi connectivity index (χ4v) is 2.64. The summed E-state index contributed by atoms with van der Waals surface area (Å²) in [6.07, 6.45) is 4.24. The van der Waals surface area contributed by atoms with Crippen LogP contribution in [0.4, 0.5) is 17.5 Å². The van der Waals surface area contributed by atoms with E-state index in [2.05, 4.69) is 44.7 Å². The molecule has 0 saturated heterocycles. The van der Waals surface area contributed by atoms with E-state index in [-0.39, 0.29) is 5.69 Å². The summed E-state index contributed by atoms with van der Waals surface area (Å²) in [5, 5.41) is 17.3. The van der Waals surface area contributed by atoms with Crippen molar-refractivity contribution in [3.63, 3.8) is 0 Å². The van der Waals surface area contributed by atoms with Crippen molar-refractivity contribution in [3.8, 4) is 0 Å². The minimum Gasteiger partial charge on any atom is -0.361 e. The highest BCUT2D eigenvalue weighted by Crippen LogP contribution is 2.29. The van der Waals surface area contributed by atoms with Crippen molar-refractivity contribution in [1.82, 2.24) is 14.9 Å². The molecule has 138 valence electrons. The number of anilines is 2. The number of hydrogen-bond acceptors (Lipinski definition) is 7. The average molecular weight is 356 g/mol. The first-order chi connectivity index (χ1) is 12.6. The van der Waals surface area contributed by atoms with Crippen molar-refractivity contribution >= 4 is 17.5 Å². The molecule has 2 aromatic rings. The van der Waals surface area contributed by atoms with Gasteiger partial charge in [0.25, 0.3) is 0 Å². The molecular formula is C18H24N6O2. The summed E-state index contributed by atoms with van der Waals surface area (Å²) in [6, 6.07) is 10.6. The van der Waals surface area contributed by atoms with Crippen molar-refractivity contribution in [2.45, 2.75) is 31.8 Å². The van der Waals surface area contributed by atoms with Crippen LogP contribution in [0, 0.1) is 10.1 Å². The fraction of sp³-hybridized carbons (Fsp3) is 0.444. The molecule has 1 fully saturated rings. The molecule has 1 aromatic carbocycles. The Kier molecular flexibility index (Phi) is 5.96. The Hall–Kier alpha value is -2.74. The van der Waals surface area contributed by atoms with Gasteiger partial charge in [0.1, 0.15) is 6.20 Å².